The molecule has 0 unspecified atom stereocenters. The second-order valence-electron chi connectivity index (χ2n) is 6.89. The molecule has 6 nitrogen and oxygen atoms in total. The largest absolute Gasteiger partial charge is 0.456 e. The highest BCUT2D eigenvalue weighted by Gasteiger charge is 2.16. The van der Waals surface area contributed by atoms with E-state index < -0.39 is 5.97 Å². The van der Waals surface area contributed by atoms with Crippen LogP contribution in [0.2, 0.25) is 0 Å². The normalized spacial score (nSPS) is 10.9. The lowest BCUT2D eigenvalue weighted by molar-refractivity contribution is -0.143. The van der Waals surface area contributed by atoms with Gasteiger partial charge < -0.3 is 4.74 Å². The molecule has 0 amide bonds. The lowest BCUT2D eigenvalue weighted by Gasteiger charge is -2.13. The van der Waals surface area contributed by atoms with E-state index in [-0.39, 0.29) is 24.5 Å². The van der Waals surface area contributed by atoms with Gasteiger partial charge in [-0.25, -0.2) is 4.98 Å². The number of para-hydroxylation sites is 1. The molecule has 0 spiro atoms. The van der Waals surface area contributed by atoms with E-state index in [4.69, 9.17) is 4.74 Å². The number of ether oxygens (including phenoxy) is 1. The Morgan fingerprint density at radius 1 is 1.04 bits per heavy atom. The van der Waals surface area contributed by atoms with Crippen molar-refractivity contribution in [2.24, 2.45) is 0 Å². The van der Waals surface area contributed by atoms with Crippen molar-refractivity contribution >= 4 is 22.7 Å². The number of hydrogen-bond acceptors (Lipinski definition) is 5. The van der Waals surface area contributed by atoms with Crippen LogP contribution in [0.1, 0.15) is 32.6 Å². The zero-order chi connectivity index (χ0) is 20.4. The fourth-order valence-electron chi connectivity index (χ4n) is 3.13. The molecule has 0 saturated carbocycles. The molecule has 0 aliphatic carbocycles. The molecule has 3 rings (SSSR count). The molecule has 6 heteroatoms. The van der Waals surface area contributed by atoms with Crippen molar-refractivity contribution in [3.05, 3.63) is 74.8 Å². The summed E-state index contributed by atoms with van der Waals surface area (Å²) < 4.78 is 6.30. The van der Waals surface area contributed by atoms with Crippen LogP contribution in [0.15, 0.2) is 41.5 Å². The third-order valence-electron chi connectivity index (χ3n) is 5.18. The summed E-state index contributed by atoms with van der Waals surface area (Å²) in [7, 11) is 0. The number of benzene rings is 2. The summed E-state index contributed by atoms with van der Waals surface area (Å²) in [6.07, 6.45) is 1.31. The summed E-state index contributed by atoms with van der Waals surface area (Å²) in [5, 5.41) is 0.426. The lowest BCUT2D eigenvalue weighted by Crippen LogP contribution is -2.27. The van der Waals surface area contributed by atoms with Crippen LogP contribution in [-0.2, 0) is 16.1 Å². The van der Waals surface area contributed by atoms with Crippen molar-refractivity contribution < 1.29 is 14.3 Å². The summed E-state index contributed by atoms with van der Waals surface area (Å²) in [6, 6.07) is 8.73. The monoisotopic (exact) mass is 378 g/mol. The topological polar surface area (TPSA) is 78.3 Å². The number of carbonyl (C=O) groups is 2. The van der Waals surface area contributed by atoms with Crippen LogP contribution in [0.5, 0.6) is 0 Å². The van der Waals surface area contributed by atoms with Gasteiger partial charge in [-0.05, 0) is 68.1 Å². The molecule has 0 bridgehead atoms. The lowest BCUT2D eigenvalue weighted by atomic mass is 9.93. The zero-order valence-electron chi connectivity index (χ0n) is 16.4. The maximum absolute atomic E-state index is 12.5. The van der Waals surface area contributed by atoms with Crippen LogP contribution in [0.25, 0.3) is 10.9 Å². The van der Waals surface area contributed by atoms with Gasteiger partial charge in [-0.15, -0.1) is 0 Å². The first-order chi connectivity index (χ1) is 13.3. The minimum Gasteiger partial charge on any atom is -0.456 e. The van der Waals surface area contributed by atoms with E-state index in [2.05, 4.69) is 4.98 Å². The quantitative estimate of drug-likeness (QED) is 0.504. The number of esters is 1. The first kappa shape index (κ1) is 19.5. The highest BCUT2D eigenvalue weighted by Crippen LogP contribution is 2.21. The van der Waals surface area contributed by atoms with Gasteiger partial charge in [-0.3, -0.25) is 19.0 Å². The number of ketones is 1. The fraction of sp³-hybridized carbons (Fsp3) is 0.273. The molecule has 0 radical (unpaired) electrons. The average molecular weight is 378 g/mol. The smallest absolute Gasteiger partial charge is 0.326 e. The van der Waals surface area contributed by atoms with E-state index in [1.807, 2.05) is 33.8 Å². The average Bonchev–Trinajstić information content (AvgIpc) is 2.69. The molecule has 144 valence electrons. The van der Waals surface area contributed by atoms with E-state index in [1.54, 1.807) is 24.3 Å². The van der Waals surface area contributed by atoms with Gasteiger partial charge in [-0.1, -0.05) is 12.1 Å². The van der Waals surface area contributed by atoms with Gasteiger partial charge in [0.05, 0.1) is 17.2 Å². The third kappa shape index (κ3) is 3.71. The second-order valence-corrected chi connectivity index (χ2v) is 6.89. The summed E-state index contributed by atoms with van der Waals surface area (Å²) in [5.41, 5.74) is 4.91. The number of carbonyl (C=O) groups excluding carboxylic acids is 2. The van der Waals surface area contributed by atoms with E-state index in [1.165, 1.54) is 10.9 Å². The first-order valence-corrected chi connectivity index (χ1v) is 9.00. The van der Waals surface area contributed by atoms with Crippen LogP contribution in [0.3, 0.4) is 0 Å². The van der Waals surface area contributed by atoms with Crippen LogP contribution in [0, 0.1) is 27.7 Å². The van der Waals surface area contributed by atoms with Crippen molar-refractivity contribution in [1.29, 1.82) is 0 Å². The number of aryl methyl sites for hydroxylation is 1. The molecular formula is C22H22N2O4. The predicted octanol–water partition coefficient (Wildman–Crippen LogP) is 3.06. The Hall–Kier alpha value is -3.28. The summed E-state index contributed by atoms with van der Waals surface area (Å²) in [6.45, 7) is 7.16. The molecule has 1 heterocycles. The Labute approximate surface area is 162 Å². The summed E-state index contributed by atoms with van der Waals surface area (Å²) in [4.78, 5) is 41.3. The minimum atomic E-state index is -0.661. The van der Waals surface area contributed by atoms with Gasteiger partial charge in [0.25, 0.3) is 5.56 Å². The van der Waals surface area contributed by atoms with Crippen molar-refractivity contribution in [2.45, 2.75) is 34.2 Å². The van der Waals surface area contributed by atoms with Crippen molar-refractivity contribution in [1.82, 2.24) is 9.55 Å². The van der Waals surface area contributed by atoms with E-state index in [9.17, 15) is 14.4 Å². The van der Waals surface area contributed by atoms with Gasteiger partial charge in [-0.2, -0.15) is 0 Å². The molecule has 0 aliphatic heterocycles. The molecule has 0 fully saturated rings. The van der Waals surface area contributed by atoms with Gasteiger partial charge in [0.2, 0.25) is 5.78 Å². The number of hydrogen-bond donors (Lipinski definition) is 0. The Bertz CT molecular complexity index is 1150. The molecule has 0 N–H and O–H groups in total. The van der Waals surface area contributed by atoms with Crippen LogP contribution < -0.4 is 5.56 Å². The molecule has 0 atom stereocenters. The molecule has 2 aromatic carbocycles. The molecule has 28 heavy (non-hydrogen) atoms. The highest BCUT2D eigenvalue weighted by atomic mass is 16.5. The van der Waals surface area contributed by atoms with Gasteiger partial charge >= 0.3 is 5.97 Å². The van der Waals surface area contributed by atoms with Crippen LogP contribution >= 0.6 is 0 Å². The van der Waals surface area contributed by atoms with Crippen molar-refractivity contribution in [3.8, 4) is 0 Å². The van der Waals surface area contributed by atoms with Gasteiger partial charge in [0.1, 0.15) is 6.54 Å². The Morgan fingerprint density at radius 3 is 2.50 bits per heavy atom. The number of rotatable bonds is 5. The number of aromatic nitrogens is 2. The van der Waals surface area contributed by atoms with Gasteiger partial charge in [0.15, 0.2) is 6.61 Å². The molecule has 0 saturated heterocycles. The number of nitrogens with zero attached hydrogens (tertiary/aromatic N) is 2. The zero-order valence-corrected chi connectivity index (χ0v) is 16.4. The summed E-state index contributed by atoms with van der Waals surface area (Å²) in [5.74, 6) is -0.924. The first-order valence-electron chi connectivity index (χ1n) is 9.00. The fourth-order valence-corrected chi connectivity index (χ4v) is 3.13. The second kappa shape index (κ2) is 7.76. The maximum atomic E-state index is 12.5. The van der Waals surface area contributed by atoms with Crippen LogP contribution in [-0.4, -0.2) is 27.9 Å². The number of Topliss-reactive ketones (excluding diaryl/α,β-unsaturated/α-hetero) is 1. The highest BCUT2D eigenvalue weighted by molar-refractivity contribution is 5.99. The van der Waals surface area contributed by atoms with Crippen molar-refractivity contribution in [3.63, 3.8) is 0 Å². The van der Waals surface area contributed by atoms with Gasteiger partial charge in [0, 0.05) is 5.56 Å². The Balaban J connectivity index is 1.71. The molecule has 3 aromatic rings. The standard InChI is InChI=1S/C22H22N2O4/c1-13-9-18(16(4)15(3)14(13)2)20(25)11-28-21(26)10-24-12-23-19-8-6-5-7-17(19)22(24)27/h5-9,12H,10-11H2,1-4H3. The van der Waals surface area contributed by atoms with E-state index in [0.717, 1.165) is 22.3 Å². The number of fused-ring (bicyclic) bond motifs is 1. The SMILES string of the molecule is Cc1cc(C(=O)COC(=O)Cn2cnc3ccccc3c2=O)c(C)c(C)c1C. The molecule has 1 aromatic heterocycles. The predicted molar refractivity (Wildman–Crippen MR) is 107 cm³/mol. The van der Waals surface area contributed by atoms with E-state index in [0.29, 0.717) is 16.5 Å². The molecule has 0 aliphatic rings. The minimum absolute atomic E-state index is 0.263. The third-order valence-corrected chi connectivity index (χ3v) is 5.18. The summed E-state index contributed by atoms with van der Waals surface area (Å²) >= 11 is 0. The molecular weight excluding hydrogens is 356 g/mol. The Kier molecular flexibility index (Phi) is 5.40. The van der Waals surface area contributed by atoms with Crippen molar-refractivity contribution in [2.75, 3.05) is 6.61 Å². The van der Waals surface area contributed by atoms with E-state index >= 15 is 0 Å². The van der Waals surface area contributed by atoms with Crippen LogP contribution in [0.4, 0.5) is 0 Å². The maximum Gasteiger partial charge on any atom is 0.326 e. The Morgan fingerprint density at radius 2 is 1.75 bits per heavy atom.